The molecule has 0 saturated carbocycles. The summed E-state index contributed by atoms with van der Waals surface area (Å²) >= 11 is 0. The highest BCUT2D eigenvalue weighted by molar-refractivity contribution is 5.85. The number of halogens is 1. The standard InChI is InChI=1S/C13H15N3O2.ClH/c1-3-11(13-15-9-18-16-13)4-2-10(1)12-7-14-5-6-17-8-12;/h1-4,9,12,14H,5-8H2;1H. The summed E-state index contributed by atoms with van der Waals surface area (Å²) in [7, 11) is 0. The molecule has 1 fully saturated rings. The van der Waals surface area contributed by atoms with E-state index in [4.69, 9.17) is 9.26 Å². The van der Waals surface area contributed by atoms with Crippen LogP contribution in [0, 0.1) is 0 Å². The third kappa shape index (κ3) is 3.32. The second-order valence-electron chi connectivity index (χ2n) is 4.35. The molecule has 5 nitrogen and oxygen atoms in total. The van der Waals surface area contributed by atoms with Crippen LogP contribution >= 0.6 is 12.4 Å². The van der Waals surface area contributed by atoms with E-state index in [-0.39, 0.29) is 12.4 Å². The molecule has 1 aliphatic heterocycles. The van der Waals surface area contributed by atoms with Crippen LogP contribution in [0.2, 0.25) is 0 Å². The summed E-state index contributed by atoms with van der Waals surface area (Å²) < 4.78 is 10.3. The van der Waals surface area contributed by atoms with E-state index in [0.717, 1.165) is 31.9 Å². The molecule has 2 aromatic rings. The van der Waals surface area contributed by atoms with Gasteiger partial charge in [0.25, 0.3) is 0 Å². The van der Waals surface area contributed by atoms with Gasteiger partial charge in [0, 0.05) is 24.6 Å². The molecule has 6 heteroatoms. The summed E-state index contributed by atoms with van der Waals surface area (Å²) in [4.78, 5) is 4.03. The number of nitrogens with zero attached hydrogens (tertiary/aromatic N) is 2. The highest BCUT2D eigenvalue weighted by Crippen LogP contribution is 2.21. The minimum Gasteiger partial charge on any atom is -0.379 e. The lowest BCUT2D eigenvalue weighted by atomic mass is 9.98. The maximum atomic E-state index is 5.56. The highest BCUT2D eigenvalue weighted by atomic mass is 35.5. The van der Waals surface area contributed by atoms with Gasteiger partial charge in [-0.2, -0.15) is 4.98 Å². The van der Waals surface area contributed by atoms with Gasteiger partial charge in [-0.15, -0.1) is 12.4 Å². The summed E-state index contributed by atoms with van der Waals surface area (Å²) in [6, 6.07) is 8.25. The van der Waals surface area contributed by atoms with E-state index in [1.807, 2.05) is 12.1 Å². The van der Waals surface area contributed by atoms with Gasteiger partial charge in [-0.3, -0.25) is 0 Å². The van der Waals surface area contributed by atoms with E-state index in [2.05, 4.69) is 27.6 Å². The second-order valence-corrected chi connectivity index (χ2v) is 4.35. The van der Waals surface area contributed by atoms with Crippen LogP contribution in [0.5, 0.6) is 0 Å². The van der Waals surface area contributed by atoms with Gasteiger partial charge in [0.1, 0.15) is 0 Å². The van der Waals surface area contributed by atoms with E-state index >= 15 is 0 Å². The molecular weight excluding hydrogens is 266 g/mol. The first-order valence-electron chi connectivity index (χ1n) is 6.08. The van der Waals surface area contributed by atoms with Crippen molar-refractivity contribution < 1.29 is 9.26 Å². The first-order chi connectivity index (χ1) is 8.93. The zero-order valence-corrected chi connectivity index (χ0v) is 11.2. The van der Waals surface area contributed by atoms with E-state index in [0.29, 0.717) is 11.7 Å². The Hall–Kier alpha value is -1.43. The molecule has 0 aliphatic carbocycles. The van der Waals surface area contributed by atoms with E-state index in [1.165, 1.54) is 12.0 Å². The van der Waals surface area contributed by atoms with Crippen molar-refractivity contribution in [2.24, 2.45) is 0 Å². The van der Waals surface area contributed by atoms with Gasteiger partial charge in [0.2, 0.25) is 12.2 Å². The number of hydrogen-bond acceptors (Lipinski definition) is 5. The Morgan fingerprint density at radius 2 is 2.05 bits per heavy atom. The monoisotopic (exact) mass is 281 g/mol. The number of benzene rings is 1. The Morgan fingerprint density at radius 1 is 1.21 bits per heavy atom. The fraction of sp³-hybridized carbons (Fsp3) is 0.385. The molecule has 0 amide bonds. The van der Waals surface area contributed by atoms with Crippen molar-refractivity contribution in [2.45, 2.75) is 5.92 Å². The molecule has 0 bridgehead atoms. The minimum atomic E-state index is 0. The van der Waals surface area contributed by atoms with Crippen molar-refractivity contribution in [1.29, 1.82) is 0 Å². The van der Waals surface area contributed by atoms with Crippen LogP contribution in [-0.2, 0) is 4.74 Å². The largest absolute Gasteiger partial charge is 0.379 e. The molecule has 1 N–H and O–H groups in total. The average molecular weight is 282 g/mol. The molecule has 1 unspecified atom stereocenters. The Bertz CT molecular complexity index is 479. The average Bonchev–Trinajstić information content (AvgIpc) is 2.82. The van der Waals surface area contributed by atoms with Crippen LogP contribution in [0.3, 0.4) is 0 Å². The van der Waals surface area contributed by atoms with E-state index in [9.17, 15) is 0 Å². The third-order valence-electron chi connectivity index (χ3n) is 3.13. The van der Waals surface area contributed by atoms with Crippen molar-refractivity contribution >= 4 is 12.4 Å². The van der Waals surface area contributed by atoms with Gasteiger partial charge in [0.15, 0.2) is 0 Å². The van der Waals surface area contributed by atoms with E-state index in [1.54, 1.807) is 0 Å². The number of aromatic nitrogens is 2. The fourth-order valence-electron chi connectivity index (χ4n) is 2.12. The van der Waals surface area contributed by atoms with Gasteiger partial charge >= 0.3 is 0 Å². The van der Waals surface area contributed by atoms with Crippen molar-refractivity contribution in [3.8, 4) is 11.4 Å². The lowest BCUT2D eigenvalue weighted by molar-refractivity contribution is 0.141. The van der Waals surface area contributed by atoms with Crippen LogP contribution in [0.4, 0.5) is 0 Å². The smallest absolute Gasteiger partial charge is 0.214 e. The maximum Gasteiger partial charge on any atom is 0.214 e. The fourth-order valence-corrected chi connectivity index (χ4v) is 2.12. The topological polar surface area (TPSA) is 60.2 Å². The molecular formula is C13H16ClN3O2. The van der Waals surface area contributed by atoms with Crippen molar-refractivity contribution in [2.75, 3.05) is 26.3 Å². The molecule has 1 atom stereocenters. The summed E-state index contributed by atoms with van der Waals surface area (Å²) in [6.07, 6.45) is 1.34. The van der Waals surface area contributed by atoms with E-state index < -0.39 is 0 Å². The molecule has 19 heavy (non-hydrogen) atoms. The lowest BCUT2D eigenvalue weighted by Crippen LogP contribution is -2.21. The molecule has 0 spiro atoms. The van der Waals surface area contributed by atoms with Crippen molar-refractivity contribution in [1.82, 2.24) is 15.5 Å². The number of hydrogen-bond donors (Lipinski definition) is 1. The predicted octanol–water partition coefficient (Wildman–Crippen LogP) is 1.86. The first-order valence-corrected chi connectivity index (χ1v) is 6.08. The van der Waals surface area contributed by atoms with Gasteiger partial charge in [-0.1, -0.05) is 29.4 Å². The molecule has 1 aromatic heterocycles. The molecule has 1 saturated heterocycles. The quantitative estimate of drug-likeness (QED) is 0.910. The van der Waals surface area contributed by atoms with Gasteiger partial charge in [-0.05, 0) is 5.56 Å². The molecule has 102 valence electrons. The molecule has 3 rings (SSSR count). The summed E-state index contributed by atoms with van der Waals surface area (Å²) in [6.45, 7) is 3.45. The van der Waals surface area contributed by atoms with Crippen LogP contribution in [0.15, 0.2) is 35.2 Å². The first kappa shape index (κ1) is 14.0. The Labute approximate surface area is 117 Å². The van der Waals surface area contributed by atoms with Gasteiger partial charge in [-0.25, -0.2) is 0 Å². The Kier molecular flexibility index (Phi) is 4.90. The normalized spacial score (nSPS) is 19.5. The van der Waals surface area contributed by atoms with Crippen LogP contribution in [0.25, 0.3) is 11.4 Å². The van der Waals surface area contributed by atoms with Crippen molar-refractivity contribution in [3.05, 3.63) is 36.2 Å². The third-order valence-corrected chi connectivity index (χ3v) is 3.13. The summed E-state index contributed by atoms with van der Waals surface area (Å²) in [5.74, 6) is 1.03. The molecule has 2 heterocycles. The number of nitrogens with one attached hydrogen (secondary N) is 1. The van der Waals surface area contributed by atoms with Crippen LogP contribution in [-0.4, -0.2) is 36.4 Å². The van der Waals surface area contributed by atoms with Gasteiger partial charge in [0.05, 0.1) is 13.2 Å². The molecule has 1 aromatic carbocycles. The second kappa shape index (κ2) is 6.65. The highest BCUT2D eigenvalue weighted by Gasteiger charge is 2.14. The Morgan fingerprint density at radius 3 is 2.79 bits per heavy atom. The van der Waals surface area contributed by atoms with Crippen LogP contribution < -0.4 is 5.32 Å². The number of rotatable bonds is 2. The minimum absolute atomic E-state index is 0. The molecule has 0 radical (unpaired) electrons. The van der Waals surface area contributed by atoms with Crippen LogP contribution in [0.1, 0.15) is 11.5 Å². The summed E-state index contributed by atoms with van der Waals surface area (Å²) in [5.41, 5.74) is 2.24. The zero-order valence-electron chi connectivity index (χ0n) is 10.4. The number of ether oxygens (including phenoxy) is 1. The predicted molar refractivity (Wildman–Crippen MR) is 73.4 cm³/mol. The summed E-state index contributed by atoms with van der Waals surface area (Å²) in [5, 5.41) is 7.19. The van der Waals surface area contributed by atoms with Crippen molar-refractivity contribution in [3.63, 3.8) is 0 Å². The Balaban J connectivity index is 0.00000133. The maximum absolute atomic E-state index is 5.56. The SMILES string of the molecule is Cl.c1nc(-c2ccc(C3CNCCOC3)cc2)no1. The van der Waals surface area contributed by atoms with Gasteiger partial charge < -0.3 is 14.6 Å². The molecule has 1 aliphatic rings. The lowest BCUT2D eigenvalue weighted by Gasteiger charge is -2.14. The zero-order chi connectivity index (χ0) is 12.2.